The van der Waals surface area contributed by atoms with E-state index in [2.05, 4.69) is 0 Å². The van der Waals surface area contributed by atoms with Crippen LogP contribution in [0.3, 0.4) is 0 Å². The average Bonchev–Trinajstić information content (AvgIpc) is 1.93. The Balaban J connectivity index is 2.46. The predicted octanol–water partition coefficient (Wildman–Crippen LogP) is 1.98. The van der Waals surface area contributed by atoms with Crippen molar-refractivity contribution in [3.63, 3.8) is 0 Å². The van der Waals surface area contributed by atoms with Gasteiger partial charge in [0.2, 0.25) is 0 Å². The molecule has 1 aliphatic heterocycles. The van der Waals surface area contributed by atoms with Crippen LogP contribution in [0.25, 0.3) is 0 Å². The Morgan fingerprint density at radius 1 is 1.20 bits per heavy atom. The summed E-state index contributed by atoms with van der Waals surface area (Å²) in [5, 5.41) is 0. The van der Waals surface area contributed by atoms with Gasteiger partial charge in [-0.05, 0) is 26.7 Å². The molecule has 0 spiro atoms. The molecule has 1 rings (SSSR count). The lowest BCUT2D eigenvalue weighted by atomic mass is 10.1. The molecular formula is C6H13O3P. The van der Waals surface area contributed by atoms with Gasteiger partial charge in [-0.25, -0.2) is 0 Å². The second kappa shape index (κ2) is 3.51. The van der Waals surface area contributed by atoms with Crippen molar-refractivity contribution in [2.45, 2.75) is 38.9 Å². The van der Waals surface area contributed by atoms with E-state index in [1.807, 2.05) is 13.8 Å². The van der Waals surface area contributed by atoms with Gasteiger partial charge in [0.15, 0.2) is 0 Å². The largest absolute Gasteiger partial charge is 0.319 e. The van der Waals surface area contributed by atoms with E-state index in [1.54, 1.807) is 0 Å². The summed E-state index contributed by atoms with van der Waals surface area (Å²) in [5.41, 5.74) is 0. The van der Waals surface area contributed by atoms with Crippen molar-refractivity contribution in [3.05, 3.63) is 0 Å². The molecule has 0 aliphatic carbocycles. The molecule has 4 heteroatoms. The molecule has 0 aromatic heterocycles. The highest BCUT2D eigenvalue weighted by Gasteiger charge is 2.17. The van der Waals surface area contributed by atoms with Gasteiger partial charge in [-0.15, -0.1) is 0 Å². The first kappa shape index (κ1) is 8.25. The fourth-order valence-corrected chi connectivity index (χ4v) is 1.89. The van der Waals surface area contributed by atoms with Crippen molar-refractivity contribution in [2.24, 2.45) is 0 Å². The van der Waals surface area contributed by atoms with Crippen LogP contribution in [0, 0.1) is 0 Å². The minimum atomic E-state index is -2.18. The fourth-order valence-electron chi connectivity index (χ4n) is 0.944. The summed E-state index contributed by atoms with van der Waals surface area (Å²) in [5.74, 6) is 0. The van der Waals surface area contributed by atoms with E-state index in [0.717, 1.165) is 12.8 Å². The van der Waals surface area contributed by atoms with Crippen LogP contribution in [-0.4, -0.2) is 12.2 Å². The molecule has 1 heterocycles. The molecule has 10 heavy (non-hydrogen) atoms. The Bertz CT molecular complexity index is 123. The summed E-state index contributed by atoms with van der Waals surface area (Å²) in [7, 11) is -2.18. The average molecular weight is 164 g/mol. The molecule has 1 aliphatic rings. The molecule has 0 amide bonds. The maximum Gasteiger partial charge on any atom is 0.319 e. The van der Waals surface area contributed by atoms with Gasteiger partial charge in [-0.3, -0.25) is 4.57 Å². The van der Waals surface area contributed by atoms with Gasteiger partial charge in [-0.1, -0.05) is 0 Å². The minimum Gasteiger partial charge on any atom is -0.308 e. The van der Waals surface area contributed by atoms with Crippen molar-refractivity contribution in [1.82, 2.24) is 0 Å². The Labute approximate surface area is 61.7 Å². The Morgan fingerprint density at radius 2 is 1.60 bits per heavy atom. The van der Waals surface area contributed by atoms with Gasteiger partial charge in [0, 0.05) is 0 Å². The van der Waals surface area contributed by atoms with Gasteiger partial charge >= 0.3 is 8.25 Å². The van der Waals surface area contributed by atoms with Gasteiger partial charge in [-0.2, -0.15) is 0 Å². The topological polar surface area (TPSA) is 35.5 Å². The molecule has 2 atom stereocenters. The smallest absolute Gasteiger partial charge is 0.308 e. The van der Waals surface area contributed by atoms with Crippen LogP contribution in [0.5, 0.6) is 0 Å². The van der Waals surface area contributed by atoms with Gasteiger partial charge < -0.3 is 9.05 Å². The summed E-state index contributed by atoms with van der Waals surface area (Å²) in [4.78, 5) is 0. The quantitative estimate of drug-likeness (QED) is 0.513. The van der Waals surface area contributed by atoms with E-state index >= 15 is 0 Å². The van der Waals surface area contributed by atoms with E-state index in [4.69, 9.17) is 9.05 Å². The maximum absolute atomic E-state index is 10.8. The maximum atomic E-state index is 10.8. The van der Waals surface area contributed by atoms with Crippen LogP contribution in [0.15, 0.2) is 0 Å². The first-order valence-electron chi connectivity index (χ1n) is 3.55. The Kier molecular flexibility index (Phi) is 2.90. The van der Waals surface area contributed by atoms with E-state index in [9.17, 15) is 4.57 Å². The van der Waals surface area contributed by atoms with E-state index < -0.39 is 8.25 Å². The van der Waals surface area contributed by atoms with Crippen molar-refractivity contribution >= 4 is 8.25 Å². The van der Waals surface area contributed by atoms with E-state index in [1.165, 1.54) is 0 Å². The third-order valence-electron chi connectivity index (χ3n) is 1.57. The second-order valence-electron chi connectivity index (χ2n) is 2.68. The first-order valence-corrected chi connectivity index (χ1v) is 4.78. The zero-order chi connectivity index (χ0) is 7.56. The molecule has 0 radical (unpaired) electrons. The lowest BCUT2D eigenvalue weighted by Gasteiger charge is -2.05. The molecule has 60 valence electrons. The lowest BCUT2D eigenvalue weighted by Crippen LogP contribution is -2.03. The number of hydrogen-bond donors (Lipinski definition) is 0. The van der Waals surface area contributed by atoms with Crippen molar-refractivity contribution < 1.29 is 13.6 Å². The molecule has 1 fully saturated rings. The normalized spacial score (nSPS) is 42.8. The van der Waals surface area contributed by atoms with E-state index in [-0.39, 0.29) is 12.2 Å². The Hall–Kier alpha value is 0.150. The molecular weight excluding hydrogens is 151 g/mol. The highest BCUT2D eigenvalue weighted by molar-refractivity contribution is 7.33. The van der Waals surface area contributed by atoms with Crippen LogP contribution in [0.4, 0.5) is 0 Å². The third kappa shape index (κ3) is 2.41. The van der Waals surface area contributed by atoms with Gasteiger partial charge in [0.25, 0.3) is 0 Å². The van der Waals surface area contributed by atoms with Gasteiger partial charge in [0.1, 0.15) is 0 Å². The fraction of sp³-hybridized carbons (Fsp3) is 1.00. The zero-order valence-electron chi connectivity index (χ0n) is 6.29. The summed E-state index contributed by atoms with van der Waals surface area (Å²) < 4.78 is 20.9. The molecule has 0 N–H and O–H groups in total. The van der Waals surface area contributed by atoms with Crippen LogP contribution >= 0.6 is 8.25 Å². The van der Waals surface area contributed by atoms with Crippen LogP contribution in [-0.2, 0) is 13.6 Å². The summed E-state index contributed by atoms with van der Waals surface area (Å²) >= 11 is 0. The van der Waals surface area contributed by atoms with Crippen molar-refractivity contribution in [2.75, 3.05) is 0 Å². The highest BCUT2D eigenvalue weighted by Crippen LogP contribution is 2.33. The van der Waals surface area contributed by atoms with Crippen LogP contribution in [0.2, 0.25) is 0 Å². The van der Waals surface area contributed by atoms with E-state index in [0.29, 0.717) is 0 Å². The summed E-state index contributed by atoms with van der Waals surface area (Å²) in [6.45, 7) is 3.84. The van der Waals surface area contributed by atoms with Gasteiger partial charge in [0.05, 0.1) is 12.2 Å². The molecule has 2 unspecified atom stereocenters. The number of hydrogen-bond acceptors (Lipinski definition) is 3. The lowest BCUT2D eigenvalue weighted by molar-refractivity contribution is 0.187. The third-order valence-corrected chi connectivity index (χ3v) is 2.76. The molecule has 0 aromatic carbocycles. The minimum absolute atomic E-state index is 0.0938. The molecule has 0 saturated carbocycles. The second-order valence-corrected chi connectivity index (χ2v) is 3.66. The highest BCUT2D eigenvalue weighted by atomic mass is 31.1. The molecule has 1 saturated heterocycles. The zero-order valence-corrected chi connectivity index (χ0v) is 7.29. The predicted molar refractivity (Wildman–Crippen MR) is 39.3 cm³/mol. The summed E-state index contributed by atoms with van der Waals surface area (Å²) in [6, 6.07) is 0. The Morgan fingerprint density at radius 3 is 2.00 bits per heavy atom. The van der Waals surface area contributed by atoms with Crippen molar-refractivity contribution in [1.29, 1.82) is 0 Å². The summed E-state index contributed by atoms with van der Waals surface area (Å²) in [6.07, 6.45) is 2.07. The SMILES string of the molecule is CC1CCC(C)O[PH](=O)O1. The first-order chi connectivity index (χ1) is 4.68. The van der Waals surface area contributed by atoms with Crippen LogP contribution in [0.1, 0.15) is 26.7 Å². The molecule has 0 aromatic rings. The molecule has 3 nitrogen and oxygen atoms in total. The van der Waals surface area contributed by atoms with Crippen molar-refractivity contribution in [3.8, 4) is 0 Å². The van der Waals surface area contributed by atoms with Crippen LogP contribution < -0.4 is 0 Å². The molecule has 0 bridgehead atoms. The monoisotopic (exact) mass is 164 g/mol. The standard InChI is InChI=1S/C6H13O3P/c1-5-3-4-6(2)9-10(7)8-5/h5-6,10H,3-4H2,1-2H3. The number of rotatable bonds is 0.